The van der Waals surface area contributed by atoms with Gasteiger partial charge in [-0.2, -0.15) is 0 Å². The molecule has 1 aliphatic carbocycles. The molecule has 1 rings (SSSR count). The van der Waals surface area contributed by atoms with Crippen molar-refractivity contribution < 1.29 is 0 Å². The first kappa shape index (κ1) is 21.5. The second kappa shape index (κ2) is 8.24. The first-order valence-electron chi connectivity index (χ1n) is 10.3. The average molecular weight is 333 g/mol. The van der Waals surface area contributed by atoms with Gasteiger partial charge in [-0.25, -0.2) is 0 Å². The SMILES string of the molecule is CCCC1(C)CC(C)=C(C)C(C)=C(C(C)C(C)CC)CC(C)(C)C1. The fourth-order valence-corrected chi connectivity index (χ4v) is 5.24. The summed E-state index contributed by atoms with van der Waals surface area (Å²) in [6.45, 7) is 24.3. The Labute approximate surface area is 153 Å². The lowest BCUT2D eigenvalue weighted by atomic mass is 9.66. The molecule has 0 heteroatoms. The van der Waals surface area contributed by atoms with Gasteiger partial charge >= 0.3 is 0 Å². The summed E-state index contributed by atoms with van der Waals surface area (Å²) in [5.41, 5.74) is 7.34. The highest BCUT2D eigenvalue weighted by Gasteiger charge is 2.35. The number of allylic oxidation sites excluding steroid dienone is 4. The number of hydrogen-bond donors (Lipinski definition) is 0. The summed E-state index contributed by atoms with van der Waals surface area (Å²) < 4.78 is 0. The van der Waals surface area contributed by atoms with Crippen molar-refractivity contribution in [2.45, 2.75) is 108 Å². The Morgan fingerprint density at radius 1 is 0.917 bits per heavy atom. The molecule has 0 aromatic heterocycles. The van der Waals surface area contributed by atoms with E-state index in [1.54, 1.807) is 22.3 Å². The van der Waals surface area contributed by atoms with E-state index in [1.165, 1.54) is 38.5 Å². The topological polar surface area (TPSA) is 0 Å². The van der Waals surface area contributed by atoms with E-state index in [9.17, 15) is 0 Å². The number of rotatable bonds is 5. The van der Waals surface area contributed by atoms with Crippen LogP contribution in [0.4, 0.5) is 0 Å². The van der Waals surface area contributed by atoms with Crippen LogP contribution < -0.4 is 0 Å². The molecule has 0 bridgehead atoms. The van der Waals surface area contributed by atoms with Gasteiger partial charge in [0, 0.05) is 0 Å². The van der Waals surface area contributed by atoms with Crippen molar-refractivity contribution in [2.75, 3.05) is 0 Å². The first-order valence-corrected chi connectivity index (χ1v) is 10.3. The second-order valence-corrected chi connectivity index (χ2v) is 9.98. The van der Waals surface area contributed by atoms with Crippen molar-refractivity contribution in [3.63, 3.8) is 0 Å². The molecule has 0 nitrogen and oxygen atoms in total. The molecule has 0 aliphatic heterocycles. The molecule has 0 N–H and O–H groups in total. The monoisotopic (exact) mass is 332 g/mol. The molecular weight excluding hydrogens is 288 g/mol. The summed E-state index contributed by atoms with van der Waals surface area (Å²) >= 11 is 0. The third kappa shape index (κ3) is 5.24. The minimum absolute atomic E-state index is 0.382. The van der Waals surface area contributed by atoms with Gasteiger partial charge in [-0.3, -0.25) is 0 Å². The average Bonchev–Trinajstić information content (AvgIpc) is 2.50. The van der Waals surface area contributed by atoms with Gasteiger partial charge in [0.1, 0.15) is 0 Å². The van der Waals surface area contributed by atoms with Gasteiger partial charge in [0.15, 0.2) is 0 Å². The van der Waals surface area contributed by atoms with E-state index in [2.05, 4.69) is 69.2 Å². The first-order chi connectivity index (χ1) is 11.0. The molecule has 0 spiro atoms. The van der Waals surface area contributed by atoms with Crippen LogP contribution in [0.1, 0.15) is 108 Å². The summed E-state index contributed by atoms with van der Waals surface area (Å²) in [6, 6.07) is 0. The van der Waals surface area contributed by atoms with Crippen LogP contribution in [0.5, 0.6) is 0 Å². The Bertz CT molecular complexity index is 488. The van der Waals surface area contributed by atoms with Gasteiger partial charge in [0.2, 0.25) is 0 Å². The summed E-state index contributed by atoms with van der Waals surface area (Å²) in [7, 11) is 0. The van der Waals surface area contributed by atoms with Crippen LogP contribution in [-0.4, -0.2) is 0 Å². The molecule has 0 saturated heterocycles. The zero-order valence-corrected chi connectivity index (χ0v) is 18.4. The molecule has 3 unspecified atom stereocenters. The van der Waals surface area contributed by atoms with Crippen LogP contribution in [0.3, 0.4) is 0 Å². The Morgan fingerprint density at radius 3 is 2.00 bits per heavy atom. The molecule has 0 fully saturated rings. The summed E-state index contributed by atoms with van der Waals surface area (Å²) in [5, 5.41) is 0. The molecule has 0 amide bonds. The van der Waals surface area contributed by atoms with Gasteiger partial charge in [-0.05, 0) is 80.3 Å². The quantitative estimate of drug-likeness (QED) is 0.474. The van der Waals surface area contributed by atoms with E-state index < -0.39 is 0 Å². The predicted octanol–water partition coefficient (Wildman–Crippen LogP) is 8.34. The second-order valence-electron chi connectivity index (χ2n) is 9.98. The summed E-state index contributed by atoms with van der Waals surface area (Å²) in [4.78, 5) is 0. The van der Waals surface area contributed by atoms with E-state index in [0.29, 0.717) is 16.7 Å². The lowest BCUT2D eigenvalue weighted by molar-refractivity contribution is 0.156. The molecular formula is C24H44. The van der Waals surface area contributed by atoms with Gasteiger partial charge in [0.05, 0.1) is 0 Å². The minimum atomic E-state index is 0.382. The lowest BCUT2D eigenvalue weighted by Crippen LogP contribution is -2.27. The molecule has 1 aliphatic rings. The molecule has 3 atom stereocenters. The highest BCUT2D eigenvalue weighted by molar-refractivity contribution is 5.38. The summed E-state index contributed by atoms with van der Waals surface area (Å²) in [5.74, 6) is 1.45. The van der Waals surface area contributed by atoms with Crippen molar-refractivity contribution in [3.8, 4) is 0 Å². The highest BCUT2D eigenvalue weighted by atomic mass is 14.4. The fourth-order valence-electron chi connectivity index (χ4n) is 5.24. The molecule has 0 heterocycles. The zero-order chi connectivity index (χ0) is 18.7. The van der Waals surface area contributed by atoms with Crippen molar-refractivity contribution in [2.24, 2.45) is 22.7 Å². The Morgan fingerprint density at radius 2 is 1.50 bits per heavy atom. The van der Waals surface area contributed by atoms with Gasteiger partial charge in [-0.15, -0.1) is 0 Å². The molecule has 24 heavy (non-hydrogen) atoms. The van der Waals surface area contributed by atoms with Crippen LogP contribution in [0.2, 0.25) is 0 Å². The number of hydrogen-bond acceptors (Lipinski definition) is 0. The van der Waals surface area contributed by atoms with Crippen LogP contribution >= 0.6 is 0 Å². The van der Waals surface area contributed by atoms with Crippen molar-refractivity contribution in [1.82, 2.24) is 0 Å². The van der Waals surface area contributed by atoms with E-state index in [0.717, 1.165) is 5.92 Å². The van der Waals surface area contributed by atoms with Gasteiger partial charge in [-0.1, -0.05) is 72.5 Å². The standard InChI is InChI=1S/C24H44/c1-11-13-24(10)14-18(4)19(5)21(7)22(15-23(8,9)16-24)20(6)17(3)12-2/h17,20H,11-16H2,1-10H3. The smallest absolute Gasteiger partial charge is 0.0200 e. The molecule has 0 saturated carbocycles. The Kier molecular flexibility index (Phi) is 7.39. The molecule has 140 valence electrons. The van der Waals surface area contributed by atoms with Crippen LogP contribution in [0.15, 0.2) is 22.3 Å². The third-order valence-corrected chi connectivity index (χ3v) is 6.85. The van der Waals surface area contributed by atoms with Gasteiger partial charge < -0.3 is 0 Å². The lowest BCUT2D eigenvalue weighted by Gasteiger charge is -2.39. The largest absolute Gasteiger partial charge is 0.0696 e. The van der Waals surface area contributed by atoms with E-state index in [4.69, 9.17) is 0 Å². The predicted molar refractivity (Wildman–Crippen MR) is 110 cm³/mol. The highest BCUT2D eigenvalue weighted by Crippen LogP contribution is 2.48. The maximum Gasteiger partial charge on any atom is -0.0200 e. The Balaban J connectivity index is 3.40. The maximum absolute atomic E-state index is 2.54. The zero-order valence-electron chi connectivity index (χ0n) is 18.4. The molecule has 0 aromatic carbocycles. The van der Waals surface area contributed by atoms with Crippen LogP contribution in [-0.2, 0) is 0 Å². The van der Waals surface area contributed by atoms with Crippen LogP contribution in [0, 0.1) is 22.7 Å². The summed E-state index contributed by atoms with van der Waals surface area (Å²) in [6.07, 6.45) is 7.76. The van der Waals surface area contributed by atoms with E-state index >= 15 is 0 Å². The normalized spacial score (nSPS) is 28.2. The van der Waals surface area contributed by atoms with E-state index in [-0.39, 0.29) is 0 Å². The van der Waals surface area contributed by atoms with E-state index in [1.807, 2.05) is 0 Å². The minimum Gasteiger partial charge on any atom is -0.0696 e. The fraction of sp³-hybridized carbons (Fsp3) is 0.833. The van der Waals surface area contributed by atoms with Crippen LogP contribution in [0.25, 0.3) is 0 Å². The van der Waals surface area contributed by atoms with Crippen molar-refractivity contribution in [3.05, 3.63) is 22.3 Å². The third-order valence-electron chi connectivity index (χ3n) is 6.85. The van der Waals surface area contributed by atoms with Crippen molar-refractivity contribution >= 4 is 0 Å². The molecule has 0 aromatic rings. The maximum atomic E-state index is 2.54. The van der Waals surface area contributed by atoms with Crippen molar-refractivity contribution in [1.29, 1.82) is 0 Å². The molecule has 0 radical (unpaired) electrons. The Hall–Kier alpha value is -0.520. The van der Waals surface area contributed by atoms with Gasteiger partial charge in [0.25, 0.3) is 0 Å².